The molecule has 0 saturated carbocycles. The van der Waals surface area contributed by atoms with E-state index in [1.54, 1.807) is 0 Å². The number of alkyl halides is 2. The third kappa shape index (κ3) is 5.29. The maximum atomic E-state index is 11.7. The minimum atomic E-state index is -0.379. The van der Waals surface area contributed by atoms with E-state index in [1.807, 2.05) is 30.3 Å². The highest BCUT2D eigenvalue weighted by Gasteiger charge is 2.13. The van der Waals surface area contributed by atoms with Gasteiger partial charge >= 0.3 is 6.09 Å². The van der Waals surface area contributed by atoms with Crippen molar-refractivity contribution >= 4 is 29.3 Å². The summed E-state index contributed by atoms with van der Waals surface area (Å²) in [5.74, 6) is 0.745. The Morgan fingerprint density at radius 3 is 2.24 bits per heavy atom. The van der Waals surface area contributed by atoms with Gasteiger partial charge in [-0.1, -0.05) is 30.3 Å². The number of amides is 1. The van der Waals surface area contributed by atoms with Crippen LogP contribution in [0.3, 0.4) is 0 Å². The van der Waals surface area contributed by atoms with Crippen LogP contribution >= 0.6 is 23.2 Å². The van der Waals surface area contributed by atoms with Gasteiger partial charge in [-0.3, -0.25) is 0 Å². The van der Waals surface area contributed by atoms with Gasteiger partial charge in [0.2, 0.25) is 0 Å². The van der Waals surface area contributed by atoms with Crippen molar-refractivity contribution in [2.75, 3.05) is 24.8 Å². The van der Waals surface area contributed by atoms with Gasteiger partial charge in [-0.15, -0.1) is 23.2 Å². The molecule has 1 aromatic carbocycles. The summed E-state index contributed by atoms with van der Waals surface area (Å²) in [6.07, 6.45) is -0.379. The van der Waals surface area contributed by atoms with Crippen LogP contribution in [-0.4, -0.2) is 35.8 Å². The quantitative estimate of drug-likeness (QED) is 0.747. The molecular weight excluding hydrogens is 261 g/mol. The lowest BCUT2D eigenvalue weighted by Crippen LogP contribution is -2.34. The molecule has 0 spiro atoms. The number of benzene rings is 1. The van der Waals surface area contributed by atoms with Gasteiger partial charge in [0.05, 0.1) is 0 Å². The van der Waals surface area contributed by atoms with Crippen LogP contribution in [0.25, 0.3) is 0 Å². The Morgan fingerprint density at radius 2 is 1.71 bits per heavy atom. The van der Waals surface area contributed by atoms with E-state index in [-0.39, 0.29) is 12.7 Å². The number of ether oxygens (including phenoxy) is 1. The van der Waals surface area contributed by atoms with Crippen LogP contribution in [0, 0.1) is 0 Å². The number of halogens is 2. The number of nitrogens with zero attached hydrogens (tertiary/aromatic N) is 1. The zero-order valence-corrected chi connectivity index (χ0v) is 11.0. The van der Waals surface area contributed by atoms with Crippen LogP contribution < -0.4 is 0 Å². The van der Waals surface area contributed by atoms with E-state index in [0.717, 1.165) is 5.56 Å². The van der Waals surface area contributed by atoms with E-state index in [4.69, 9.17) is 27.9 Å². The molecule has 0 bridgehead atoms. The Balaban J connectivity index is 2.41. The fourth-order valence-corrected chi connectivity index (χ4v) is 1.72. The average molecular weight is 276 g/mol. The van der Waals surface area contributed by atoms with Gasteiger partial charge in [-0.25, -0.2) is 4.79 Å². The van der Waals surface area contributed by atoms with E-state index < -0.39 is 0 Å². The molecule has 0 fully saturated rings. The Morgan fingerprint density at radius 1 is 1.12 bits per heavy atom. The Hall–Kier alpha value is -0.930. The molecule has 17 heavy (non-hydrogen) atoms. The van der Waals surface area contributed by atoms with Crippen LogP contribution in [0.1, 0.15) is 5.56 Å². The summed E-state index contributed by atoms with van der Waals surface area (Å²) in [5.41, 5.74) is 0.956. The van der Waals surface area contributed by atoms with Crippen LogP contribution in [0.2, 0.25) is 0 Å². The van der Waals surface area contributed by atoms with Gasteiger partial charge in [0, 0.05) is 24.8 Å². The second-order valence-corrected chi connectivity index (χ2v) is 4.16. The SMILES string of the molecule is O=C(OCc1ccccc1)N(CCCl)CCCl. The molecule has 1 aromatic rings. The van der Waals surface area contributed by atoms with Crippen molar-refractivity contribution in [3.05, 3.63) is 35.9 Å². The van der Waals surface area contributed by atoms with Crippen molar-refractivity contribution in [2.45, 2.75) is 6.61 Å². The molecule has 0 unspecified atom stereocenters. The van der Waals surface area contributed by atoms with Crippen LogP contribution in [0.4, 0.5) is 4.79 Å². The van der Waals surface area contributed by atoms with E-state index in [9.17, 15) is 4.79 Å². The second-order valence-electron chi connectivity index (χ2n) is 3.41. The number of hydrogen-bond donors (Lipinski definition) is 0. The van der Waals surface area contributed by atoms with Gasteiger partial charge in [0.1, 0.15) is 6.61 Å². The van der Waals surface area contributed by atoms with Gasteiger partial charge in [-0.2, -0.15) is 0 Å². The lowest BCUT2D eigenvalue weighted by Gasteiger charge is -2.19. The van der Waals surface area contributed by atoms with Crippen LogP contribution in [-0.2, 0) is 11.3 Å². The molecular formula is C12H15Cl2NO2. The maximum Gasteiger partial charge on any atom is 0.410 e. The predicted octanol–water partition coefficient (Wildman–Crippen LogP) is 3.10. The summed E-state index contributed by atoms with van der Waals surface area (Å²) < 4.78 is 5.17. The molecule has 0 radical (unpaired) electrons. The van der Waals surface area contributed by atoms with Crippen molar-refractivity contribution in [3.63, 3.8) is 0 Å². The molecule has 0 heterocycles. The highest BCUT2D eigenvalue weighted by Crippen LogP contribution is 2.03. The number of hydrogen-bond acceptors (Lipinski definition) is 2. The first-order valence-electron chi connectivity index (χ1n) is 5.35. The molecule has 94 valence electrons. The molecule has 0 aliphatic rings. The molecule has 0 atom stereocenters. The molecule has 1 rings (SSSR count). The summed E-state index contributed by atoms with van der Waals surface area (Å²) in [4.78, 5) is 13.2. The highest BCUT2D eigenvalue weighted by molar-refractivity contribution is 6.18. The summed E-state index contributed by atoms with van der Waals surface area (Å²) in [5, 5.41) is 0. The van der Waals surface area contributed by atoms with E-state index in [2.05, 4.69) is 0 Å². The van der Waals surface area contributed by atoms with Crippen molar-refractivity contribution in [1.82, 2.24) is 4.90 Å². The molecule has 0 aromatic heterocycles. The smallest absolute Gasteiger partial charge is 0.410 e. The van der Waals surface area contributed by atoms with Crippen molar-refractivity contribution in [2.24, 2.45) is 0 Å². The monoisotopic (exact) mass is 275 g/mol. The largest absolute Gasteiger partial charge is 0.445 e. The maximum absolute atomic E-state index is 11.7. The molecule has 5 heteroatoms. The number of rotatable bonds is 6. The van der Waals surface area contributed by atoms with Crippen molar-refractivity contribution < 1.29 is 9.53 Å². The fraction of sp³-hybridized carbons (Fsp3) is 0.417. The molecule has 0 aliphatic heterocycles. The van der Waals surface area contributed by atoms with Gasteiger partial charge < -0.3 is 9.64 Å². The molecule has 0 aliphatic carbocycles. The van der Waals surface area contributed by atoms with Gasteiger partial charge in [0.15, 0.2) is 0 Å². The first-order chi connectivity index (χ1) is 8.27. The third-order valence-electron chi connectivity index (χ3n) is 2.17. The van der Waals surface area contributed by atoms with Crippen molar-refractivity contribution in [1.29, 1.82) is 0 Å². The topological polar surface area (TPSA) is 29.5 Å². The standard InChI is InChI=1S/C12H15Cl2NO2/c13-6-8-15(9-7-14)12(16)17-10-11-4-2-1-3-5-11/h1-5H,6-10H2. The molecule has 0 N–H and O–H groups in total. The lowest BCUT2D eigenvalue weighted by atomic mass is 10.2. The first kappa shape index (κ1) is 14.1. The van der Waals surface area contributed by atoms with E-state index >= 15 is 0 Å². The van der Waals surface area contributed by atoms with Gasteiger partial charge in [-0.05, 0) is 5.56 Å². The normalized spacial score (nSPS) is 10.0. The first-order valence-corrected chi connectivity index (χ1v) is 6.42. The average Bonchev–Trinajstić information content (AvgIpc) is 2.37. The van der Waals surface area contributed by atoms with Crippen LogP contribution in [0.15, 0.2) is 30.3 Å². The second kappa shape index (κ2) is 8.20. The molecule has 0 saturated heterocycles. The van der Waals surface area contributed by atoms with Gasteiger partial charge in [0.25, 0.3) is 0 Å². The minimum Gasteiger partial charge on any atom is -0.445 e. The molecule has 3 nitrogen and oxygen atoms in total. The molecule has 1 amide bonds. The highest BCUT2D eigenvalue weighted by atomic mass is 35.5. The summed E-state index contributed by atoms with van der Waals surface area (Å²) in [6, 6.07) is 9.52. The Kier molecular flexibility index (Phi) is 6.82. The fourth-order valence-electron chi connectivity index (χ4n) is 1.31. The summed E-state index contributed by atoms with van der Waals surface area (Å²) in [7, 11) is 0. The zero-order chi connectivity index (χ0) is 12.5. The van der Waals surface area contributed by atoms with Crippen molar-refractivity contribution in [3.8, 4) is 0 Å². The number of carbonyl (C=O) groups excluding carboxylic acids is 1. The van der Waals surface area contributed by atoms with E-state index in [0.29, 0.717) is 24.8 Å². The van der Waals surface area contributed by atoms with E-state index in [1.165, 1.54) is 4.90 Å². The minimum absolute atomic E-state index is 0.265. The predicted molar refractivity (Wildman–Crippen MR) is 69.6 cm³/mol. The number of carbonyl (C=O) groups is 1. The Bertz CT molecular complexity index is 327. The summed E-state index contributed by atoms with van der Waals surface area (Å²) >= 11 is 11.2. The lowest BCUT2D eigenvalue weighted by molar-refractivity contribution is 0.100. The zero-order valence-electron chi connectivity index (χ0n) is 9.44. The van der Waals surface area contributed by atoms with Crippen LogP contribution in [0.5, 0.6) is 0 Å². The third-order valence-corrected chi connectivity index (χ3v) is 2.51. The Labute approximate surface area is 111 Å². The summed E-state index contributed by atoms with van der Waals surface area (Å²) in [6.45, 7) is 1.16.